The molecule has 2 aromatic rings. The number of hydrogen-bond acceptors (Lipinski definition) is 5. The normalized spacial score (nSPS) is 12.5. The van der Waals surface area contributed by atoms with E-state index in [1.807, 2.05) is 12.1 Å². The van der Waals surface area contributed by atoms with Gasteiger partial charge in [0, 0.05) is 18.8 Å². The summed E-state index contributed by atoms with van der Waals surface area (Å²) in [5.41, 5.74) is 7.76. The molecule has 1 unspecified atom stereocenters. The van der Waals surface area contributed by atoms with Crippen LogP contribution >= 0.6 is 15.9 Å². The van der Waals surface area contributed by atoms with Crippen molar-refractivity contribution in [3.8, 4) is 5.88 Å². The van der Waals surface area contributed by atoms with Gasteiger partial charge in [-0.15, -0.1) is 5.10 Å². The van der Waals surface area contributed by atoms with E-state index in [0.717, 1.165) is 11.3 Å². The van der Waals surface area contributed by atoms with Gasteiger partial charge in [0.15, 0.2) is 4.60 Å². The maximum atomic E-state index is 6.19. The van der Waals surface area contributed by atoms with Crippen LogP contribution in [-0.4, -0.2) is 27.1 Å². The molecule has 2 rings (SSSR count). The monoisotopic (exact) mass is 297 g/mol. The molecule has 0 saturated heterocycles. The lowest BCUT2D eigenvalue weighted by Gasteiger charge is -2.14. The van der Waals surface area contributed by atoms with Crippen LogP contribution in [0.5, 0.6) is 5.88 Å². The highest BCUT2D eigenvalue weighted by Gasteiger charge is 2.21. The maximum absolute atomic E-state index is 6.19. The van der Waals surface area contributed by atoms with Gasteiger partial charge in [-0.1, -0.05) is 11.3 Å². The molecule has 0 aliphatic carbocycles. The van der Waals surface area contributed by atoms with Crippen LogP contribution in [0.15, 0.2) is 22.9 Å². The summed E-state index contributed by atoms with van der Waals surface area (Å²) in [6.45, 7) is 0. The van der Waals surface area contributed by atoms with Crippen molar-refractivity contribution in [3.63, 3.8) is 0 Å². The molecule has 0 aliphatic rings. The van der Waals surface area contributed by atoms with Crippen molar-refractivity contribution < 1.29 is 4.74 Å². The lowest BCUT2D eigenvalue weighted by molar-refractivity contribution is 0.390. The molecule has 2 N–H and O–H groups in total. The third-order valence-corrected chi connectivity index (χ3v) is 3.02. The van der Waals surface area contributed by atoms with Gasteiger partial charge in [-0.25, -0.2) is 9.67 Å². The van der Waals surface area contributed by atoms with Crippen molar-refractivity contribution in [3.05, 3.63) is 34.2 Å². The number of rotatable bonds is 3. The first kappa shape index (κ1) is 12.0. The quantitative estimate of drug-likeness (QED) is 0.915. The van der Waals surface area contributed by atoms with Gasteiger partial charge >= 0.3 is 0 Å². The lowest BCUT2D eigenvalue weighted by atomic mass is 10.1. The summed E-state index contributed by atoms with van der Waals surface area (Å²) in [7, 11) is 3.35. The van der Waals surface area contributed by atoms with Crippen LogP contribution < -0.4 is 10.5 Å². The third kappa shape index (κ3) is 2.16. The molecular formula is C10H12BrN5O. The summed E-state index contributed by atoms with van der Waals surface area (Å²) < 4.78 is 7.44. The van der Waals surface area contributed by atoms with Crippen LogP contribution in [0.3, 0.4) is 0 Å². The van der Waals surface area contributed by atoms with E-state index in [9.17, 15) is 0 Å². The number of aryl methyl sites for hydroxylation is 1. The van der Waals surface area contributed by atoms with E-state index in [0.29, 0.717) is 10.5 Å². The van der Waals surface area contributed by atoms with Gasteiger partial charge in [0.05, 0.1) is 18.8 Å². The Morgan fingerprint density at radius 3 is 2.88 bits per heavy atom. The molecular weight excluding hydrogens is 286 g/mol. The number of aromatic nitrogens is 4. The Balaban J connectivity index is 2.47. The second kappa shape index (κ2) is 4.80. The van der Waals surface area contributed by atoms with Crippen molar-refractivity contribution in [2.45, 2.75) is 6.04 Å². The van der Waals surface area contributed by atoms with Gasteiger partial charge < -0.3 is 10.5 Å². The first-order valence-corrected chi connectivity index (χ1v) is 5.74. The van der Waals surface area contributed by atoms with E-state index in [2.05, 4.69) is 31.2 Å². The Bertz CT molecular complexity index is 508. The van der Waals surface area contributed by atoms with Crippen LogP contribution in [-0.2, 0) is 7.05 Å². The first-order valence-electron chi connectivity index (χ1n) is 4.94. The molecule has 0 aliphatic heterocycles. The SMILES string of the molecule is COc1ncccc1C(N)c1c(Br)nnn1C. The Labute approximate surface area is 107 Å². The standard InChI is InChI=1S/C10H12BrN5O/c1-16-8(9(11)14-15-16)7(12)6-4-3-5-13-10(6)17-2/h3-5,7H,12H2,1-2H3. The van der Waals surface area contributed by atoms with E-state index >= 15 is 0 Å². The summed E-state index contributed by atoms with van der Waals surface area (Å²) in [5.74, 6) is 0.508. The third-order valence-electron chi connectivity index (χ3n) is 2.45. The van der Waals surface area contributed by atoms with E-state index < -0.39 is 6.04 Å². The largest absolute Gasteiger partial charge is 0.481 e. The Morgan fingerprint density at radius 1 is 1.53 bits per heavy atom. The molecule has 2 aromatic heterocycles. The van der Waals surface area contributed by atoms with E-state index in [1.165, 1.54) is 0 Å². The predicted molar refractivity (Wildman–Crippen MR) is 65.5 cm³/mol. The van der Waals surface area contributed by atoms with Crippen molar-refractivity contribution >= 4 is 15.9 Å². The van der Waals surface area contributed by atoms with Crippen LogP contribution in [0, 0.1) is 0 Å². The van der Waals surface area contributed by atoms with Crippen molar-refractivity contribution in [2.75, 3.05) is 7.11 Å². The van der Waals surface area contributed by atoms with Gasteiger partial charge in [0.25, 0.3) is 0 Å². The molecule has 0 amide bonds. The molecule has 2 heterocycles. The molecule has 90 valence electrons. The van der Waals surface area contributed by atoms with Gasteiger partial charge in [0.1, 0.15) is 0 Å². The smallest absolute Gasteiger partial charge is 0.218 e. The van der Waals surface area contributed by atoms with Gasteiger partial charge in [-0.05, 0) is 22.0 Å². The molecule has 0 saturated carbocycles. The zero-order valence-corrected chi connectivity index (χ0v) is 11.0. The minimum Gasteiger partial charge on any atom is -0.481 e. The van der Waals surface area contributed by atoms with Crippen molar-refractivity contribution in [2.24, 2.45) is 12.8 Å². The molecule has 0 radical (unpaired) electrons. The number of hydrogen-bond donors (Lipinski definition) is 1. The lowest BCUT2D eigenvalue weighted by Crippen LogP contribution is -2.17. The van der Waals surface area contributed by atoms with Crippen LogP contribution in [0.4, 0.5) is 0 Å². The molecule has 0 fully saturated rings. The highest BCUT2D eigenvalue weighted by atomic mass is 79.9. The Hall–Kier alpha value is -1.47. The van der Waals surface area contributed by atoms with E-state index in [1.54, 1.807) is 25.0 Å². The maximum Gasteiger partial charge on any atom is 0.218 e. The minimum atomic E-state index is -0.395. The fourth-order valence-corrected chi connectivity index (χ4v) is 2.20. The molecule has 1 atom stereocenters. The second-order valence-electron chi connectivity index (χ2n) is 3.47. The van der Waals surface area contributed by atoms with Gasteiger partial charge in [-0.3, -0.25) is 0 Å². The van der Waals surface area contributed by atoms with Crippen LogP contribution in [0.25, 0.3) is 0 Å². The van der Waals surface area contributed by atoms with Crippen molar-refractivity contribution in [1.29, 1.82) is 0 Å². The Kier molecular flexibility index (Phi) is 3.39. The van der Waals surface area contributed by atoms with Crippen LogP contribution in [0.2, 0.25) is 0 Å². The van der Waals surface area contributed by atoms with Crippen molar-refractivity contribution in [1.82, 2.24) is 20.0 Å². The fraction of sp³-hybridized carbons (Fsp3) is 0.300. The molecule has 17 heavy (non-hydrogen) atoms. The summed E-state index contributed by atoms with van der Waals surface area (Å²) in [4.78, 5) is 4.12. The molecule has 0 bridgehead atoms. The molecule has 0 spiro atoms. The topological polar surface area (TPSA) is 78.8 Å². The number of nitrogens with zero attached hydrogens (tertiary/aromatic N) is 4. The molecule has 7 heteroatoms. The fourth-order valence-electron chi connectivity index (χ4n) is 1.63. The minimum absolute atomic E-state index is 0.395. The number of methoxy groups -OCH3 is 1. The summed E-state index contributed by atoms with van der Waals surface area (Å²) in [5, 5.41) is 7.80. The number of halogens is 1. The number of nitrogens with two attached hydrogens (primary N) is 1. The predicted octanol–water partition coefficient (Wildman–Crippen LogP) is 1.03. The van der Waals surface area contributed by atoms with Gasteiger partial charge in [0.2, 0.25) is 5.88 Å². The molecule has 0 aromatic carbocycles. The average Bonchev–Trinajstić information content (AvgIpc) is 2.68. The highest BCUT2D eigenvalue weighted by molar-refractivity contribution is 9.10. The Morgan fingerprint density at radius 2 is 2.29 bits per heavy atom. The highest BCUT2D eigenvalue weighted by Crippen LogP contribution is 2.28. The number of pyridine rings is 1. The van der Waals surface area contributed by atoms with Gasteiger partial charge in [-0.2, -0.15) is 0 Å². The number of ether oxygens (including phenoxy) is 1. The molecule has 6 nitrogen and oxygen atoms in total. The summed E-state index contributed by atoms with van der Waals surface area (Å²) in [6, 6.07) is 3.29. The zero-order chi connectivity index (χ0) is 12.4. The average molecular weight is 298 g/mol. The van der Waals surface area contributed by atoms with E-state index in [-0.39, 0.29) is 0 Å². The van der Waals surface area contributed by atoms with Crippen LogP contribution in [0.1, 0.15) is 17.3 Å². The zero-order valence-electron chi connectivity index (χ0n) is 9.46. The second-order valence-corrected chi connectivity index (χ2v) is 4.22. The summed E-state index contributed by atoms with van der Waals surface area (Å²) in [6.07, 6.45) is 1.66. The first-order chi connectivity index (χ1) is 8.15. The summed E-state index contributed by atoms with van der Waals surface area (Å²) >= 11 is 3.33. The van der Waals surface area contributed by atoms with E-state index in [4.69, 9.17) is 10.5 Å².